The van der Waals surface area contributed by atoms with Gasteiger partial charge in [-0.15, -0.1) is 4.73 Å². The minimum atomic E-state index is -5.58. The molecule has 1 atom stereocenters. The topological polar surface area (TPSA) is 209 Å². The minimum absolute atomic E-state index is 0.0154. The highest BCUT2D eigenvalue weighted by atomic mass is 32.2. The van der Waals surface area contributed by atoms with E-state index in [1.54, 1.807) is 0 Å². The van der Waals surface area contributed by atoms with Crippen LogP contribution in [0.4, 0.5) is 23.2 Å². The molecule has 38 heavy (non-hydrogen) atoms. The summed E-state index contributed by atoms with van der Waals surface area (Å²) in [4.78, 5) is 45.9. The molecule has 1 aromatic carbocycles. The average molecular weight is 566 g/mol. The van der Waals surface area contributed by atoms with Gasteiger partial charge in [0.05, 0.1) is 23.5 Å². The third kappa shape index (κ3) is 7.65. The first-order valence-corrected chi connectivity index (χ1v) is 11.9. The lowest BCUT2D eigenvalue weighted by atomic mass is 9.82. The van der Waals surface area contributed by atoms with Crippen molar-refractivity contribution in [3.05, 3.63) is 63.8 Å². The van der Waals surface area contributed by atoms with E-state index in [1.807, 2.05) is 10.2 Å². The SMILES string of the molecule is CC(CCONC(=N)N)(C(N)=O)c1ccc(NS(=O)(=O)Cc2cccc(F)c2)c(=O)n1OC(=O)C(F)(F)F. The first-order valence-electron chi connectivity index (χ1n) is 10.3. The van der Waals surface area contributed by atoms with Crippen LogP contribution in [0.25, 0.3) is 0 Å². The molecule has 0 aliphatic heterocycles. The van der Waals surface area contributed by atoms with Crippen molar-refractivity contribution in [2.45, 2.75) is 30.7 Å². The number of hydrogen-bond donors (Lipinski definition) is 5. The number of halogens is 4. The van der Waals surface area contributed by atoms with Gasteiger partial charge in [0, 0.05) is 0 Å². The van der Waals surface area contributed by atoms with Crippen LogP contribution in [0.3, 0.4) is 0 Å². The number of nitrogens with zero attached hydrogens (tertiary/aromatic N) is 1. The molecule has 0 saturated heterocycles. The van der Waals surface area contributed by atoms with E-state index < -0.39 is 81.0 Å². The van der Waals surface area contributed by atoms with E-state index in [2.05, 4.69) is 4.84 Å². The van der Waals surface area contributed by atoms with Crippen molar-refractivity contribution in [1.29, 1.82) is 5.41 Å². The predicted molar refractivity (Wildman–Crippen MR) is 123 cm³/mol. The number of pyridine rings is 1. The smallest absolute Gasteiger partial charge is 0.369 e. The number of carbonyl (C=O) groups excluding carboxylic acids is 2. The molecule has 1 amide bonds. The number of hydroxylamine groups is 1. The molecule has 0 bridgehead atoms. The highest BCUT2D eigenvalue weighted by Crippen LogP contribution is 2.28. The van der Waals surface area contributed by atoms with E-state index in [-0.39, 0.29) is 10.3 Å². The number of benzene rings is 1. The Hall–Kier alpha value is -4.19. The van der Waals surface area contributed by atoms with Crippen LogP contribution in [0.15, 0.2) is 41.2 Å². The van der Waals surface area contributed by atoms with Crippen LogP contribution in [0.5, 0.6) is 0 Å². The largest absolute Gasteiger partial charge is 0.493 e. The maximum atomic E-state index is 13.4. The Labute approximate surface area is 212 Å². The van der Waals surface area contributed by atoms with E-state index in [0.717, 1.165) is 31.2 Å². The number of hydrogen-bond acceptors (Lipinski definition) is 8. The number of anilines is 1. The van der Waals surface area contributed by atoms with E-state index in [9.17, 15) is 40.4 Å². The highest BCUT2D eigenvalue weighted by Gasteiger charge is 2.44. The first kappa shape index (κ1) is 30.0. The molecule has 2 rings (SSSR count). The van der Waals surface area contributed by atoms with Crippen molar-refractivity contribution in [3.8, 4) is 0 Å². The Morgan fingerprint density at radius 3 is 2.37 bits per heavy atom. The summed E-state index contributed by atoms with van der Waals surface area (Å²) in [6.45, 7) is 0.662. The van der Waals surface area contributed by atoms with Crippen molar-refractivity contribution < 1.29 is 45.2 Å². The van der Waals surface area contributed by atoms with Crippen molar-refractivity contribution in [3.63, 3.8) is 0 Å². The second kappa shape index (κ2) is 11.5. The molecule has 18 heteroatoms. The number of amides is 1. The summed E-state index contributed by atoms with van der Waals surface area (Å²) in [5.41, 5.74) is 7.26. The van der Waals surface area contributed by atoms with Gasteiger partial charge in [0.15, 0.2) is 0 Å². The Morgan fingerprint density at radius 2 is 1.82 bits per heavy atom. The fraction of sp³-hybridized carbons (Fsp3) is 0.300. The Balaban J connectivity index is 2.55. The maximum absolute atomic E-state index is 13.4. The van der Waals surface area contributed by atoms with Gasteiger partial charge in [-0.2, -0.15) is 13.2 Å². The number of guanidine groups is 1. The summed E-state index contributed by atoms with van der Waals surface area (Å²) >= 11 is 0. The van der Waals surface area contributed by atoms with Gasteiger partial charge in [-0.1, -0.05) is 12.1 Å². The first-order chi connectivity index (χ1) is 17.5. The van der Waals surface area contributed by atoms with Crippen LogP contribution in [0, 0.1) is 11.2 Å². The zero-order valence-electron chi connectivity index (χ0n) is 19.5. The van der Waals surface area contributed by atoms with Gasteiger partial charge < -0.3 is 16.3 Å². The van der Waals surface area contributed by atoms with E-state index in [1.165, 1.54) is 12.1 Å². The number of carbonyl (C=O) groups is 2. The third-order valence-corrected chi connectivity index (χ3v) is 6.20. The van der Waals surface area contributed by atoms with Crippen LogP contribution < -0.4 is 32.1 Å². The molecule has 208 valence electrons. The van der Waals surface area contributed by atoms with Crippen LogP contribution in [0.1, 0.15) is 24.6 Å². The van der Waals surface area contributed by atoms with Gasteiger partial charge >= 0.3 is 17.7 Å². The lowest BCUT2D eigenvalue weighted by Gasteiger charge is -2.28. The van der Waals surface area contributed by atoms with Crippen LogP contribution in [0.2, 0.25) is 0 Å². The average Bonchev–Trinajstić information content (AvgIpc) is 2.77. The fourth-order valence-corrected chi connectivity index (χ4v) is 4.22. The van der Waals surface area contributed by atoms with E-state index in [4.69, 9.17) is 21.7 Å². The Morgan fingerprint density at radius 1 is 1.16 bits per heavy atom. The number of aromatic nitrogens is 1. The van der Waals surface area contributed by atoms with Gasteiger partial charge in [-0.05, 0) is 43.2 Å². The molecule has 0 spiro atoms. The number of alkyl halides is 3. The summed E-state index contributed by atoms with van der Waals surface area (Å²) in [6.07, 6.45) is -6.02. The standard InChI is InChI=1S/C20H22F4N6O7S/c1-19(16(25)32,7-8-36-28-18(26)27)14-6-5-13(15(31)30(14)37-17(33)20(22,23)24)29-38(34,35)10-11-3-2-4-12(21)9-11/h2-6,9,29H,7-8,10H2,1H3,(H2,25,32)(H4,26,27,28). The number of sulfonamides is 1. The Bertz CT molecular complexity index is 1400. The molecule has 0 saturated carbocycles. The van der Waals surface area contributed by atoms with Crippen LogP contribution in [-0.4, -0.2) is 43.8 Å². The van der Waals surface area contributed by atoms with Crippen molar-refractivity contribution in [2.24, 2.45) is 11.5 Å². The fourth-order valence-electron chi connectivity index (χ4n) is 3.04. The molecular formula is C20H22F4N6O7S. The van der Waals surface area contributed by atoms with Gasteiger partial charge in [0.1, 0.15) is 11.5 Å². The summed E-state index contributed by atoms with van der Waals surface area (Å²) in [5, 5.41) is 7.02. The van der Waals surface area contributed by atoms with E-state index in [0.29, 0.717) is 0 Å². The number of nitrogens with two attached hydrogens (primary N) is 2. The molecule has 0 aliphatic carbocycles. The summed E-state index contributed by atoms with van der Waals surface area (Å²) in [6, 6.07) is 6.14. The van der Waals surface area contributed by atoms with Gasteiger partial charge in [-0.25, -0.2) is 23.1 Å². The molecule has 1 unspecified atom stereocenters. The van der Waals surface area contributed by atoms with Gasteiger partial charge in [0.2, 0.25) is 21.9 Å². The zero-order chi connectivity index (χ0) is 28.9. The van der Waals surface area contributed by atoms with Crippen molar-refractivity contribution in [1.82, 2.24) is 10.2 Å². The molecule has 7 N–H and O–H groups in total. The van der Waals surface area contributed by atoms with Crippen molar-refractivity contribution >= 4 is 33.5 Å². The quantitative estimate of drug-likeness (QED) is 0.0813. The summed E-state index contributed by atoms with van der Waals surface area (Å²) in [7, 11) is -4.44. The number of nitrogens with one attached hydrogen (secondary N) is 3. The summed E-state index contributed by atoms with van der Waals surface area (Å²) in [5.74, 6) is -6.23. The monoisotopic (exact) mass is 566 g/mol. The highest BCUT2D eigenvalue weighted by molar-refractivity contribution is 7.91. The second-order valence-electron chi connectivity index (χ2n) is 7.91. The van der Waals surface area contributed by atoms with Crippen molar-refractivity contribution in [2.75, 3.05) is 11.3 Å². The predicted octanol–water partition coefficient (Wildman–Crippen LogP) is -0.00543. The number of primary amides is 1. The van der Waals surface area contributed by atoms with Gasteiger partial charge in [-0.3, -0.25) is 24.6 Å². The molecule has 2 aromatic rings. The maximum Gasteiger partial charge on any atom is 0.493 e. The molecule has 1 aromatic heterocycles. The summed E-state index contributed by atoms with van der Waals surface area (Å²) < 4.78 is 78.9. The normalized spacial score (nSPS) is 13.3. The van der Waals surface area contributed by atoms with Crippen LogP contribution in [-0.2, 0) is 35.6 Å². The second-order valence-corrected chi connectivity index (χ2v) is 9.63. The third-order valence-electron chi connectivity index (χ3n) is 4.95. The van der Waals surface area contributed by atoms with E-state index >= 15 is 0 Å². The van der Waals surface area contributed by atoms with Crippen LogP contribution >= 0.6 is 0 Å². The zero-order valence-corrected chi connectivity index (χ0v) is 20.3. The molecular weight excluding hydrogens is 544 g/mol. The molecule has 0 radical (unpaired) electrons. The lowest BCUT2D eigenvalue weighted by molar-refractivity contribution is -0.200. The lowest BCUT2D eigenvalue weighted by Crippen LogP contribution is -2.48. The molecule has 0 aliphatic rings. The minimum Gasteiger partial charge on any atom is -0.369 e. The number of rotatable bonds is 11. The molecule has 1 heterocycles. The Kier molecular flexibility index (Phi) is 9.06. The molecule has 13 nitrogen and oxygen atoms in total. The molecule has 0 fully saturated rings. The van der Waals surface area contributed by atoms with Gasteiger partial charge in [0.25, 0.3) is 0 Å².